The van der Waals surface area contributed by atoms with Crippen molar-refractivity contribution in [3.05, 3.63) is 39.9 Å². The molecule has 0 aliphatic heterocycles. The van der Waals surface area contributed by atoms with Gasteiger partial charge in [0.1, 0.15) is 6.04 Å². The van der Waals surface area contributed by atoms with E-state index in [0.717, 1.165) is 7.11 Å². The van der Waals surface area contributed by atoms with Gasteiger partial charge in [0, 0.05) is 12.1 Å². The molecule has 1 unspecified atom stereocenters. The van der Waals surface area contributed by atoms with Gasteiger partial charge in [-0.25, -0.2) is 0 Å². The van der Waals surface area contributed by atoms with E-state index in [0.29, 0.717) is 5.56 Å². The first-order valence-corrected chi connectivity index (χ1v) is 5.84. The minimum atomic E-state index is -4.48. The van der Waals surface area contributed by atoms with Gasteiger partial charge in [0.15, 0.2) is 0 Å². The van der Waals surface area contributed by atoms with E-state index in [9.17, 15) is 28.1 Å². The largest absolute Gasteiger partial charge is 0.468 e. The molecule has 0 fully saturated rings. The number of nitro groups is 1. The molecule has 6 nitrogen and oxygen atoms in total. The van der Waals surface area contributed by atoms with Crippen molar-refractivity contribution >= 4 is 11.7 Å². The monoisotopic (exact) mass is 306 g/mol. The van der Waals surface area contributed by atoms with Crippen LogP contribution in [0.3, 0.4) is 0 Å². The molecule has 1 aromatic carbocycles. The summed E-state index contributed by atoms with van der Waals surface area (Å²) < 4.78 is 41.0. The molecule has 0 saturated carbocycles. The molecule has 0 saturated heterocycles. The number of hydrogen-bond acceptors (Lipinski definition) is 5. The Labute approximate surface area is 118 Å². The Morgan fingerprint density at radius 3 is 2.67 bits per heavy atom. The Balaban J connectivity index is 2.83. The van der Waals surface area contributed by atoms with Gasteiger partial charge in [0.2, 0.25) is 0 Å². The Hall–Kier alpha value is -2.16. The van der Waals surface area contributed by atoms with Crippen molar-refractivity contribution in [2.24, 2.45) is 0 Å². The molecule has 9 heteroatoms. The molecule has 116 valence electrons. The fourth-order valence-corrected chi connectivity index (χ4v) is 1.65. The van der Waals surface area contributed by atoms with Gasteiger partial charge in [0.25, 0.3) is 5.69 Å². The van der Waals surface area contributed by atoms with Crippen LogP contribution in [-0.2, 0) is 16.0 Å². The predicted octanol–water partition coefficient (Wildman–Crippen LogP) is 1.83. The van der Waals surface area contributed by atoms with Crippen LogP contribution in [0.25, 0.3) is 0 Å². The number of halogens is 3. The van der Waals surface area contributed by atoms with Crippen molar-refractivity contribution < 1.29 is 27.6 Å². The molecule has 1 N–H and O–H groups in total. The van der Waals surface area contributed by atoms with Crippen LogP contribution in [0, 0.1) is 10.1 Å². The van der Waals surface area contributed by atoms with Crippen LogP contribution in [0.4, 0.5) is 18.9 Å². The quantitative estimate of drug-likeness (QED) is 0.492. The third-order valence-electron chi connectivity index (χ3n) is 2.60. The van der Waals surface area contributed by atoms with Crippen LogP contribution in [0.15, 0.2) is 24.3 Å². The molecule has 21 heavy (non-hydrogen) atoms. The summed E-state index contributed by atoms with van der Waals surface area (Å²) in [6, 6.07) is 4.09. The SMILES string of the molecule is COC(=O)C(Cc1cccc([N+](=O)[O-])c1)NCC(F)(F)F. The number of rotatable bonds is 6. The second-order valence-corrected chi connectivity index (χ2v) is 4.20. The van der Waals surface area contributed by atoms with Crippen LogP contribution >= 0.6 is 0 Å². The third kappa shape index (κ3) is 5.78. The van der Waals surface area contributed by atoms with E-state index >= 15 is 0 Å². The number of nitrogens with zero attached hydrogens (tertiary/aromatic N) is 1. The molecule has 0 spiro atoms. The van der Waals surface area contributed by atoms with E-state index in [2.05, 4.69) is 4.74 Å². The molecule has 1 rings (SSSR count). The van der Waals surface area contributed by atoms with Gasteiger partial charge in [-0.1, -0.05) is 12.1 Å². The molecule has 0 radical (unpaired) electrons. The van der Waals surface area contributed by atoms with E-state index < -0.39 is 29.7 Å². The highest BCUT2D eigenvalue weighted by molar-refractivity contribution is 5.76. The van der Waals surface area contributed by atoms with Gasteiger partial charge >= 0.3 is 12.1 Å². The summed E-state index contributed by atoms with van der Waals surface area (Å²) in [5, 5.41) is 12.7. The number of nitro benzene ring substituents is 1. The van der Waals surface area contributed by atoms with Crippen molar-refractivity contribution in [1.29, 1.82) is 0 Å². The van der Waals surface area contributed by atoms with E-state index in [1.807, 2.05) is 5.32 Å². The zero-order valence-electron chi connectivity index (χ0n) is 11.0. The number of carbonyl (C=O) groups excluding carboxylic acids is 1. The molecule has 0 amide bonds. The highest BCUT2D eigenvalue weighted by Crippen LogP contribution is 2.16. The number of alkyl halides is 3. The van der Waals surface area contributed by atoms with Crippen molar-refractivity contribution in [3.63, 3.8) is 0 Å². The summed E-state index contributed by atoms with van der Waals surface area (Å²) in [6.45, 7) is -1.36. The van der Waals surface area contributed by atoms with Gasteiger partial charge < -0.3 is 4.74 Å². The lowest BCUT2D eigenvalue weighted by Gasteiger charge is -2.17. The van der Waals surface area contributed by atoms with Crippen molar-refractivity contribution in [2.75, 3.05) is 13.7 Å². The molecular formula is C12H13F3N2O4. The Kier molecular flexibility index (Phi) is 5.65. The molecular weight excluding hydrogens is 293 g/mol. The lowest BCUT2D eigenvalue weighted by atomic mass is 10.1. The van der Waals surface area contributed by atoms with Crippen molar-refractivity contribution in [2.45, 2.75) is 18.6 Å². The second-order valence-electron chi connectivity index (χ2n) is 4.20. The lowest BCUT2D eigenvalue weighted by Crippen LogP contribution is -2.44. The summed E-state index contributed by atoms with van der Waals surface area (Å²) in [6.07, 6.45) is -4.63. The number of esters is 1. The summed E-state index contributed by atoms with van der Waals surface area (Å²) >= 11 is 0. The first-order chi connectivity index (χ1) is 9.73. The van der Waals surface area contributed by atoms with E-state index in [-0.39, 0.29) is 12.1 Å². The highest BCUT2D eigenvalue weighted by atomic mass is 19.4. The summed E-state index contributed by atoms with van der Waals surface area (Å²) in [7, 11) is 1.05. The molecule has 1 atom stereocenters. The smallest absolute Gasteiger partial charge is 0.401 e. The van der Waals surface area contributed by atoms with E-state index in [4.69, 9.17) is 0 Å². The minimum Gasteiger partial charge on any atom is -0.468 e. The van der Waals surface area contributed by atoms with Gasteiger partial charge in [-0.3, -0.25) is 20.2 Å². The van der Waals surface area contributed by atoms with Crippen LogP contribution < -0.4 is 5.32 Å². The summed E-state index contributed by atoms with van der Waals surface area (Å²) in [5.41, 5.74) is 0.154. The average Bonchev–Trinajstić information content (AvgIpc) is 2.41. The number of methoxy groups -OCH3 is 1. The minimum absolute atomic E-state index is 0.148. The number of hydrogen-bond donors (Lipinski definition) is 1. The van der Waals surface area contributed by atoms with Gasteiger partial charge in [0.05, 0.1) is 18.6 Å². The van der Waals surface area contributed by atoms with Crippen LogP contribution in [0.1, 0.15) is 5.56 Å². The van der Waals surface area contributed by atoms with Crippen LogP contribution in [0.2, 0.25) is 0 Å². The van der Waals surface area contributed by atoms with E-state index in [1.54, 1.807) is 0 Å². The number of ether oxygens (including phenoxy) is 1. The maximum absolute atomic E-state index is 12.2. The Morgan fingerprint density at radius 2 is 2.14 bits per heavy atom. The van der Waals surface area contributed by atoms with Gasteiger partial charge in [-0.15, -0.1) is 0 Å². The lowest BCUT2D eigenvalue weighted by molar-refractivity contribution is -0.384. The van der Waals surface area contributed by atoms with E-state index in [1.165, 1.54) is 24.3 Å². The van der Waals surface area contributed by atoms with Crippen molar-refractivity contribution in [1.82, 2.24) is 5.32 Å². The average molecular weight is 306 g/mol. The predicted molar refractivity (Wildman–Crippen MR) is 66.7 cm³/mol. The van der Waals surface area contributed by atoms with Crippen LogP contribution in [-0.4, -0.2) is 36.8 Å². The standard InChI is InChI=1S/C12H13F3N2O4/c1-21-11(18)10(16-7-12(13,14)15)6-8-3-2-4-9(5-8)17(19)20/h2-5,10,16H,6-7H2,1H3. The molecule has 1 aromatic rings. The maximum atomic E-state index is 12.2. The fraction of sp³-hybridized carbons (Fsp3) is 0.417. The Bertz CT molecular complexity index is 519. The number of carbonyl (C=O) groups is 1. The first kappa shape index (κ1) is 16.9. The molecule has 0 heterocycles. The zero-order valence-corrected chi connectivity index (χ0v) is 11.0. The number of benzene rings is 1. The molecule has 0 bridgehead atoms. The fourth-order valence-electron chi connectivity index (χ4n) is 1.65. The molecule has 0 aromatic heterocycles. The number of non-ortho nitro benzene ring substituents is 1. The van der Waals surface area contributed by atoms with Gasteiger partial charge in [-0.05, 0) is 12.0 Å². The summed E-state index contributed by atoms with van der Waals surface area (Å²) in [4.78, 5) is 21.5. The van der Waals surface area contributed by atoms with Crippen LogP contribution in [0.5, 0.6) is 0 Å². The molecule has 0 aliphatic rings. The normalized spacial score (nSPS) is 12.8. The topological polar surface area (TPSA) is 81.5 Å². The van der Waals surface area contributed by atoms with Gasteiger partial charge in [-0.2, -0.15) is 13.2 Å². The number of nitrogens with one attached hydrogen (secondary N) is 1. The Morgan fingerprint density at radius 1 is 1.48 bits per heavy atom. The highest BCUT2D eigenvalue weighted by Gasteiger charge is 2.30. The molecule has 0 aliphatic carbocycles. The first-order valence-electron chi connectivity index (χ1n) is 5.84. The second kappa shape index (κ2) is 7.02. The van der Waals surface area contributed by atoms with Crippen molar-refractivity contribution in [3.8, 4) is 0 Å². The summed E-state index contributed by atoms with van der Waals surface area (Å²) in [5.74, 6) is -0.870. The maximum Gasteiger partial charge on any atom is 0.401 e. The zero-order chi connectivity index (χ0) is 16.0. The third-order valence-corrected chi connectivity index (χ3v) is 2.60.